The third kappa shape index (κ3) is 2.78. The van der Waals surface area contributed by atoms with Crippen LogP contribution in [-0.2, 0) is 6.54 Å². The zero-order valence-electron chi connectivity index (χ0n) is 10.6. The highest BCUT2D eigenvalue weighted by molar-refractivity contribution is 9.10. The molecular weight excluding hydrogens is 332 g/mol. The van der Waals surface area contributed by atoms with Gasteiger partial charge in [0.05, 0.1) is 24.0 Å². The van der Waals surface area contributed by atoms with Crippen LogP contribution in [0.4, 0.5) is 0 Å². The average molecular weight is 346 g/mol. The fourth-order valence-electron chi connectivity index (χ4n) is 1.96. The Morgan fingerprint density at radius 3 is 2.89 bits per heavy atom. The van der Waals surface area contributed by atoms with E-state index in [1.807, 2.05) is 19.1 Å². The molecule has 0 aliphatic carbocycles. The summed E-state index contributed by atoms with van der Waals surface area (Å²) in [6.07, 6.45) is 0.649. The Balaban J connectivity index is 2.51. The minimum atomic E-state index is -0.887. The highest BCUT2D eigenvalue weighted by Gasteiger charge is 2.22. The topological polar surface area (TPSA) is 47.3 Å². The molecule has 1 aromatic heterocycles. The van der Waals surface area contributed by atoms with E-state index in [1.54, 1.807) is 17.9 Å². The first kappa shape index (κ1) is 14.4. The highest BCUT2D eigenvalue weighted by atomic mass is 79.9. The standard InChI is InChI=1S/C13H14BrClN2O2/c1-3-17-12(10(15)7-16-17)13(18)9-6-8(14)4-5-11(9)19-2/h4-7,13,18H,3H2,1-2H3. The van der Waals surface area contributed by atoms with Crippen LogP contribution < -0.4 is 4.74 Å². The Hall–Kier alpha value is -1.04. The second-order valence-electron chi connectivity index (χ2n) is 3.98. The van der Waals surface area contributed by atoms with Crippen molar-refractivity contribution in [2.24, 2.45) is 0 Å². The van der Waals surface area contributed by atoms with Crippen LogP contribution in [-0.4, -0.2) is 22.0 Å². The summed E-state index contributed by atoms with van der Waals surface area (Å²) < 4.78 is 7.82. The summed E-state index contributed by atoms with van der Waals surface area (Å²) in [5.74, 6) is 0.607. The van der Waals surface area contributed by atoms with Gasteiger partial charge in [-0.15, -0.1) is 0 Å². The van der Waals surface area contributed by atoms with Gasteiger partial charge in [0, 0.05) is 16.6 Å². The van der Waals surface area contributed by atoms with Crippen LogP contribution in [0.3, 0.4) is 0 Å². The Labute approximate surface area is 125 Å². The van der Waals surface area contributed by atoms with Crippen molar-refractivity contribution in [3.63, 3.8) is 0 Å². The zero-order valence-corrected chi connectivity index (χ0v) is 12.9. The maximum absolute atomic E-state index is 10.6. The molecule has 102 valence electrons. The molecule has 0 aliphatic rings. The molecule has 0 amide bonds. The van der Waals surface area contributed by atoms with E-state index in [1.165, 1.54) is 6.20 Å². The van der Waals surface area contributed by atoms with E-state index in [-0.39, 0.29) is 0 Å². The Morgan fingerprint density at radius 1 is 1.53 bits per heavy atom. The lowest BCUT2D eigenvalue weighted by atomic mass is 10.1. The molecule has 4 nitrogen and oxygen atoms in total. The predicted molar refractivity (Wildman–Crippen MR) is 77.7 cm³/mol. The van der Waals surface area contributed by atoms with Gasteiger partial charge in [0.15, 0.2) is 0 Å². The molecule has 1 aromatic carbocycles. The number of nitrogens with zero attached hydrogens (tertiary/aromatic N) is 2. The molecule has 0 fully saturated rings. The summed E-state index contributed by atoms with van der Waals surface area (Å²) in [7, 11) is 1.57. The number of hydrogen-bond acceptors (Lipinski definition) is 3. The lowest BCUT2D eigenvalue weighted by Gasteiger charge is -2.17. The molecule has 0 saturated heterocycles. The number of ether oxygens (including phenoxy) is 1. The predicted octanol–water partition coefficient (Wildman–Crippen LogP) is 3.41. The van der Waals surface area contributed by atoms with Crippen molar-refractivity contribution >= 4 is 27.5 Å². The largest absolute Gasteiger partial charge is 0.496 e. The second kappa shape index (κ2) is 5.94. The number of halogens is 2. The van der Waals surface area contributed by atoms with Crippen molar-refractivity contribution in [3.8, 4) is 5.75 Å². The fraction of sp³-hybridized carbons (Fsp3) is 0.308. The first-order valence-electron chi connectivity index (χ1n) is 5.81. The van der Waals surface area contributed by atoms with Crippen molar-refractivity contribution < 1.29 is 9.84 Å². The maximum atomic E-state index is 10.6. The molecule has 6 heteroatoms. The molecule has 1 atom stereocenters. The molecule has 1 unspecified atom stereocenters. The van der Waals surface area contributed by atoms with Gasteiger partial charge < -0.3 is 9.84 Å². The van der Waals surface area contributed by atoms with Crippen LogP contribution in [0.5, 0.6) is 5.75 Å². The molecule has 0 bridgehead atoms. The first-order valence-corrected chi connectivity index (χ1v) is 6.98. The number of aryl methyl sites for hydroxylation is 1. The number of aliphatic hydroxyl groups is 1. The van der Waals surface area contributed by atoms with E-state index in [0.717, 1.165) is 4.47 Å². The Morgan fingerprint density at radius 2 is 2.26 bits per heavy atom. The van der Waals surface area contributed by atoms with Crippen LogP contribution in [0.15, 0.2) is 28.9 Å². The normalized spacial score (nSPS) is 12.5. The molecule has 1 heterocycles. The van der Waals surface area contributed by atoms with Crippen LogP contribution >= 0.6 is 27.5 Å². The van der Waals surface area contributed by atoms with Gasteiger partial charge >= 0.3 is 0 Å². The van der Waals surface area contributed by atoms with E-state index in [0.29, 0.717) is 28.6 Å². The smallest absolute Gasteiger partial charge is 0.126 e. The molecule has 0 saturated carbocycles. The summed E-state index contributed by atoms with van der Waals surface area (Å²) in [5, 5.41) is 15.1. The number of methoxy groups -OCH3 is 1. The minimum absolute atomic E-state index is 0.441. The fourth-order valence-corrected chi connectivity index (χ4v) is 2.59. The molecule has 2 aromatic rings. The summed E-state index contributed by atoms with van der Waals surface area (Å²) in [6, 6.07) is 5.46. The van der Waals surface area contributed by atoms with Gasteiger partial charge in [-0.05, 0) is 25.1 Å². The van der Waals surface area contributed by atoms with Gasteiger partial charge in [0.25, 0.3) is 0 Å². The van der Waals surface area contributed by atoms with Crippen molar-refractivity contribution in [2.75, 3.05) is 7.11 Å². The minimum Gasteiger partial charge on any atom is -0.496 e. The van der Waals surface area contributed by atoms with Gasteiger partial charge in [0.2, 0.25) is 0 Å². The quantitative estimate of drug-likeness (QED) is 0.924. The molecule has 19 heavy (non-hydrogen) atoms. The third-order valence-corrected chi connectivity index (χ3v) is 3.66. The molecule has 1 N–H and O–H groups in total. The number of aliphatic hydroxyl groups excluding tert-OH is 1. The van der Waals surface area contributed by atoms with Crippen molar-refractivity contribution in [1.29, 1.82) is 0 Å². The Kier molecular flexibility index (Phi) is 4.50. The average Bonchev–Trinajstić information content (AvgIpc) is 2.79. The number of benzene rings is 1. The second-order valence-corrected chi connectivity index (χ2v) is 5.31. The van der Waals surface area contributed by atoms with Gasteiger partial charge in [-0.25, -0.2) is 0 Å². The van der Waals surface area contributed by atoms with Crippen LogP contribution in [0.1, 0.15) is 24.3 Å². The molecule has 0 spiro atoms. The van der Waals surface area contributed by atoms with Gasteiger partial charge in [-0.3, -0.25) is 4.68 Å². The van der Waals surface area contributed by atoms with Crippen molar-refractivity contribution in [3.05, 3.63) is 45.1 Å². The van der Waals surface area contributed by atoms with E-state index >= 15 is 0 Å². The lowest BCUT2D eigenvalue weighted by Crippen LogP contribution is -2.10. The van der Waals surface area contributed by atoms with Crippen LogP contribution in [0.2, 0.25) is 5.02 Å². The third-order valence-electron chi connectivity index (χ3n) is 2.88. The summed E-state index contributed by atoms with van der Waals surface area (Å²) >= 11 is 9.50. The molecular formula is C13H14BrClN2O2. The van der Waals surface area contributed by atoms with Gasteiger partial charge in [0.1, 0.15) is 11.9 Å². The van der Waals surface area contributed by atoms with Crippen LogP contribution in [0.25, 0.3) is 0 Å². The Bertz CT molecular complexity index is 586. The summed E-state index contributed by atoms with van der Waals surface area (Å²) in [6.45, 7) is 2.58. The number of hydrogen-bond donors (Lipinski definition) is 1. The molecule has 0 aliphatic heterocycles. The zero-order chi connectivity index (χ0) is 14.0. The van der Waals surface area contributed by atoms with E-state index in [9.17, 15) is 5.11 Å². The first-order chi connectivity index (χ1) is 9.08. The van der Waals surface area contributed by atoms with Crippen LogP contribution in [0, 0.1) is 0 Å². The maximum Gasteiger partial charge on any atom is 0.126 e. The van der Waals surface area contributed by atoms with E-state index < -0.39 is 6.10 Å². The van der Waals surface area contributed by atoms with E-state index in [2.05, 4.69) is 21.0 Å². The van der Waals surface area contributed by atoms with Crippen molar-refractivity contribution in [1.82, 2.24) is 9.78 Å². The van der Waals surface area contributed by atoms with Crippen molar-refractivity contribution in [2.45, 2.75) is 19.6 Å². The SMILES string of the molecule is CCn1ncc(Cl)c1C(O)c1cc(Br)ccc1OC. The number of rotatable bonds is 4. The lowest BCUT2D eigenvalue weighted by molar-refractivity contribution is 0.203. The van der Waals surface area contributed by atoms with Gasteiger partial charge in [-0.1, -0.05) is 27.5 Å². The summed E-state index contributed by atoms with van der Waals surface area (Å²) in [4.78, 5) is 0. The molecule has 0 radical (unpaired) electrons. The summed E-state index contributed by atoms with van der Waals surface area (Å²) in [5.41, 5.74) is 1.22. The van der Waals surface area contributed by atoms with E-state index in [4.69, 9.17) is 16.3 Å². The highest BCUT2D eigenvalue weighted by Crippen LogP contribution is 2.35. The van der Waals surface area contributed by atoms with Gasteiger partial charge in [-0.2, -0.15) is 5.10 Å². The monoisotopic (exact) mass is 344 g/mol. The molecule has 2 rings (SSSR count). The number of aromatic nitrogens is 2.